The Morgan fingerprint density at radius 3 is 2.71 bits per heavy atom. The van der Waals surface area contributed by atoms with E-state index in [1.807, 2.05) is 25.7 Å². The van der Waals surface area contributed by atoms with Crippen molar-refractivity contribution in [3.05, 3.63) is 47.8 Å². The molecule has 180 valence electrons. The van der Waals surface area contributed by atoms with Crippen molar-refractivity contribution in [3.63, 3.8) is 0 Å². The van der Waals surface area contributed by atoms with Gasteiger partial charge in [-0.25, -0.2) is 28.5 Å². The van der Waals surface area contributed by atoms with Gasteiger partial charge in [0.25, 0.3) is 0 Å². The van der Waals surface area contributed by atoms with Crippen LogP contribution in [0.15, 0.2) is 30.6 Å². The molecule has 8 nitrogen and oxygen atoms in total. The van der Waals surface area contributed by atoms with Gasteiger partial charge in [0.05, 0.1) is 28.9 Å². The zero-order valence-electron chi connectivity index (χ0n) is 19.5. The Morgan fingerprint density at radius 2 is 2.03 bits per heavy atom. The third-order valence-electron chi connectivity index (χ3n) is 6.09. The number of fused-ring (bicyclic) bond motifs is 3. The van der Waals surface area contributed by atoms with E-state index in [9.17, 15) is 9.18 Å². The summed E-state index contributed by atoms with van der Waals surface area (Å²) in [4.78, 5) is 29.0. The Bertz CT molecular complexity index is 1370. The third kappa shape index (κ3) is 4.18. The summed E-state index contributed by atoms with van der Waals surface area (Å²) in [6.07, 6.45) is 6.94. The molecular formula is C25H24F2N6O2. The summed E-state index contributed by atoms with van der Waals surface area (Å²) in [6, 6.07) is 5.73. The number of anilines is 3. The number of aromatic nitrogens is 3. The second kappa shape index (κ2) is 8.34. The number of carbonyl (C=O) groups is 1. The molecular weight excluding hydrogens is 454 g/mol. The number of amides is 1. The lowest BCUT2D eigenvalue weighted by molar-refractivity contribution is 0.0214. The number of nitrogens with zero attached hydrogens (tertiary/aromatic N) is 5. The molecule has 2 aliphatic heterocycles. The zero-order chi connectivity index (χ0) is 24.9. The largest absolute Gasteiger partial charge is 0.444 e. The summed E-state index contributed by atoms with van der Waals surface area (Å²) in [5, 5.41) is 2.91. The fourth-order valence-electron chi connectivity index (χ4n) is 4.58. The van der Waals surface area contributed by atoms with E-state index < -0.39 is 17.2 Å². The number of carbonyl (C=O) groups excluding carboxylic acids is 1. The quantitative estimate of drug-likeness (QED) is 0.564. The van der Waals surface area contributed by atoms with Crippen LogP contribution in [0, 0.1) is 24.0 Å². The number of benzene rings is 1. The summed E-state index contributed by atoms with van der Waals surface area (Å²) in [6.45, 7) is 6.31. The number of rotatable bonds is 3. The molecule has 2 fully saturated rings. The molecule has 35 heavy (non-hydrogen) atoms. The molecule has 2 aromatic heterocycles. The van der Waals surface area contributed by atoms with Gasteiger partial charge in [-0.3, -0.25) is 0 Å². The molecule has 1 amide bonds. The highest BCUT2D eigenvalue weighted by Crippen LogP contribution is 2.37. The summed E-state index contributed by atoms with van der Waals surface area (Å²) in [5.41, 5.74) is 0.211. The normalized spacial score (nSPS) is 19.2. The van der Waals surface area contributed by atoms with Crippen LogP contribution in [-0.4, -0.2) is 56.7 Å². The Balaban J connectivity index is 1.44. The van der Waals surface area contributed by atoms with Crippen molar-refractivity contribution in [3.8, 4) is 12.3 Å². The van der Waals surface area contributed by atoms with Crippen LogP contribution in [0.4, 0.5) is 30.9 Å². The number of likely N-dealkylation sites (tertiary alicyclic amines) is 1. The average molecular weight is 479 g/mol. The van der Waals surface area contributed by atoms with Gasteiger partial charge in [0, 0.05) is 19.2 Å². The van der Waals surface area contributed by atoms with Crippen molar-refractivity contribution in [2.75, 3.05) is 23.3 Å². The number of halogens is 2. The second-order valence-electron chi connectivity index (χ2n) is 9.65. The fourth-order valence-corrected chi connectivity index (χ4v) is 4.58. The first kappa shape index (κ1) is 22.8. The first-order valence-corrected chi connectivity index (χ1v) is 11.2. The van der Waals surface area contributed by atoms with Crippen molar-refractivity contribution in [1.82, 2.24) is 19.9 Å². The predicted octanol–water partition coefficient (Wildman–Crippen LogP) is 4.23. The molecule has 4 heterocycles. The van der Waals surface area contributed by atoms with Crippen LogP contribution in [-0.2, 0) is 4.74 Å². The van der Waals surface area contributed by atoms with Crippen LogP contribution in [0.5, 0.6) is 0 Å². The minimum atomic E-state index is -0.594. The Hall–Kier alpha value is -4.00. The maximum absolute atomic E-state index is 15.1. The number of hydrogen-bond donors (Lipinski definition) is 1. The molecule has 0 spiro atoms. The Labute approximate surface area is 201 Å². The number of ether oxygens (including phenoxy) is 1. The van der Waals surface area contributed by atoms with Gasteiger partial charge in [-0.15, -0.1) is 6.42 Å². The van der Waals surface area contributed by atoms with Crippen molar-refractivity contribution >= 4 is 34.4 Å². The van der Waals surface area contributed by atoms with E-state index in [1.54, 1.807) is 11.0 Å². The highest BCUT2D eigenvalue weighted by Gasteiger charge is 2.47. The zero-order valence-corrected chi connectivity index (χ0v) is 19.5. The van der Waals surface area contributed by atoms with Gasteiger partial charge in [0.15, 0.2) is 23.3 Å². The van der Waals surface area contributed by atoms with E-state index in [-0.39, 0.29) is 46.6 Å². The van der Waals surface area contributed by atoms with Crippen molar-refractivity contribution in [2.24, 2.45) is 0 Å². The number of terminal acetylenes is 1. The van der Waals surface area contributed by atoms with Crippen molar-refractivity contribution < 1.29 is 18.3 Å². The van der Waals surface area contributed by atoms with Gasteiger partial charge in [0.1, 0.15) is 17.4 Å². The van der Waals surface area contributed by atoms with Gasteiger partial charge >= 0.3 is 6.09 Å². The summed E-state index contributed by atoms with van der Waals surface area (Å²) >= 11 is 0. The van der Waals surface area contributed by atoms with Crippen molar-refractivity contribution in [2.45, 2.75) is 44.9 Å². The predicted molar refractivity (Wildman–Crippen MR) is 127 cm³/mol. The van der Waals surface area contributed by atoms with Gasteiger partial charge < -0.3 is 19.9 Å². The molecule has 2 aliphatic rings. The summed E-state index contributed by atoms with van der Waals surface area (Å²) in [7, 11) is 0. The van der Waals surface area contributed by atoms with Crippen LogP contribution in [0.2, 0.25) is 0 Å². The average Bonchev–Trinajstić information content (AvgIpc) is 3.40. The highest BCUT2D eigenvalue weighted by atomic mass is 19.1. The lowest BCUT2D eigenvalue weighted by atomic mass is 10.2. The second-order valence-corrected chi connectivity index (χ2v) is 9.65. The molecule has 2 atom stereocenters. The summed E-state index contributed by atoms with van der Waals surface area (Å²) < 4.78 is 35.3. The first-order valence-electron chi connectivity index (χ1n) is 11.2. The molecule has 5 rings (SSSR count). The molecule has 0 radical (unpaired) electrons. The standard InChI is InChI=1S/C25H24F2N6O2/c1-5-14-7-6-8-18(20(14)27)30-22-21-19(28-13-29-22)10-17(26)23(31-21)32-11-16-9-15(32)12-33(16)24(34)35-25(2,3)4/h1,6-8,10,13,15-16H,9,11-12H2,2-4H3,(H,28,29,30)/t15-,16-/m0/s1. The summed E-state index contributed by atoms with van der Waals surface area (Å²) in [5.74, 6) is 1.54. The van der Waals surface area contributed by atoms with E-state index in [4.69, 9.17) is 11.2 Å². The van der Waals surface area contributed by atoms with Crippen LogP contribution >= 0.6 is 0 Å². The molecule has 10 heteroatoms. The number of pyridine rings is 1. The van der Waals surface area contributed by atoms with E-state index in [2.05, 4.69) is 26.2 Å². The van der Waals surface area contributed by atoms with Crippen LogP contribution < -0.4 is 10.2 Å². The lowest BCUT2D eigenvalue weighted by Gasteiger charge is -2.35. The van der Waals surface area contributed by atoms with Gasteiger partial charge in [-0.1, -0.05) is 12.0 Å². The monoisotopic (exact) mass is 478 g/mol. The molecule has 0 saturated carbocycles. The first-order chi connectivity index (χ1) is 16.6. The molecule has 0 unspecified atom stereocenters. The molecule has 2 saturated heterocycles. The van der Waals surface area contributed by atoms with E-state index in [0.29, 0.717) is 25.0 Å². The van der Waals surface area contributed by atoms with Crippen molar-refractivity contribution in [1.29, 1.82) is 0 Å². The molecule has 2 bridgehead atoms. The number of piperazine rings is 1. The SMILES string of the molecule is C#Cc1cccc(Nc2ncnc3cc(F)c(N4C[C@@H]5C[C@H]4CN5C(=O)OC(C)(C)C)nc23)c1F. The maximum atomic E-state index is 15.1. The number of nitrogens with one attached hydrogen (secondary N) is 1. The Kier molecular flexibility index (Phi) is 5.43. The maximum Gasteiger partial charge on any atom is 0.410 e. The molecule has 3 aromatic rings. The minimum absolute atomic E-state index is 0.0993. The smallest absolute Gasteiger partial charge is 0.410 e. The van der Waals surface area contributed by atoms with Gasteiger partial charge in [-0.05, 0) is 39.3 Å². The van der Waals surface area contributed by atoms with Crippen LogP contribution in [0.1, 0.15) is 32.8 Å². The topological polar surface area (TPSA) is 83.5 Å². The molecule has 1 aromatic carbocycles. The minimum Gasteiger partial charge on any atom is -0.444 e. The molecule has 1 N–H and O–H groups in total. The van der Waals surface area contributed by atoms with Gasteiger partial charge in [0.2, 0.25) is 0 Å². The van der Waals surface area contributed by atoms with E-state index in [0.717, 1.165) is 0 Å². The van der Waals surface area contributed by atoms with E-state index >= 15 is 4.39 Å². The highest BCUT2D eigenvalue weighted by molar-refractivity contribution is 5.88. The van der Waals surface area contributed by atoms with Gasteiger partial charge in [-0.2, -0.15) is 0 Å². The fraction of sp³-hybridized carbons (Fsp3) is 0.360. The number of hydrogen-bond acceptors (Lipinski definition) is 7. The lowest BCUT2D eigenvalue weighted by Crippen LogP contribution is -2.50. The van der Waals surface area contributed by atoms with Crippen LogP contribution in [0.3, 0.4) is 0 Å². The van der Waals surface area contributed by atoms with Crippen LogP contribution in [0.25, 0.3) is 11.0 Å². The Morgan fingerprint density at radius 1 is 1.23 bits per heavy atom. The third-order valence-corrected chi connectivity index (χ3v) is 6.09. The molecule has 0 aliphatic carbocycles. The van der Waals surface area contributed by atoms with E-state index in [1.165, 1.54) is 24.5 Å².